The topological polar surface area (TPSA) is 103 Å². The van der Waals surface area contributed by atoms with Crippen molar-refractivity contribution in [3.8, 4) is 0 Å². The summed E-state index contributed by atoms with van der Waals surface area (Å²) in [4.78, 5) is 11.1. The van der Waals surface area contributed by atoms with E-state index in [0.717, 1.165) is 11.1 Å². The van der Waals surface area contributed by atoms with E-state index in [2.05, 4.69) is 10.2 Å². The predicted octanol–water partition coefficient (Wildman–Crippen LogP) is 1.12. The second kappa shape index (κ2) is 4.68. The number of aryl methyl sites for hydroxylation is 1. The average molecular weight is 307 g/mol. The first-order valence-corrected chi connectivity index (χ1v) is 7.69. The van der Waals surface area contributed by atoms with Crippen LogP contribution in [-0.4, -0.2) is 34.0 Å². The summed E-state index contributed by atoms with van der Waals surface area (Å²) in [5, 5.41) is 15.3. The second-order valence-electron chi connectivity index (χ2n) is 4.92. The molecule has 1 aliphatic heterocycles. The van der Waals surface area contributed by atoms with Crippen LogP contribution in [0.25, 0.3) is 0 Å². The summed E-state index contributed by atoms with van der Waals surface area (Å²) in [6, 6.07) is 4.67. The number of fused-ring (bicyclic) bond motifs is 1. The maximum absolute atomic E-state index is 12.6. The molecule has 21 heavy (non-hydrogen) atoms. The summed E-state index contributed by atoms with van der Waals surface area (Å²) >= 11 is 0. The number of rotatable bonds is 3. The number of sulfonamides is 1. The highest BCUT2D eigenvalue weighted by molar-refractivity contribution is 7.89. The Hall–Kier alpha value is -2.19. The van der Waals surface area contributed by atoms with E-state index in [1.807, 2.05) is 0 Å². The molecule has 0 unspecified atom stereocenters. The molecule has 1 aromatic heterocycles. The Morgan fingerprint density at radius 3 is 2.67 bits per heavy atom. The summed E-state index contributed by atoms with van der Waals surface area (Å²) in [6.07, 6.45) is 1.29. The molecule has 2 aromatic rings. The molecule has 0 fully saturated rings. The molecule has 0 spiro atoms. The molecule has 0 atom stereocenters. The smallest absolute Gasteiger partial charge is 0.335 e. The first kappa shape index (κ1) is 13.8. The number of carbonyl (C=O) groups is 1. The zero-order chi connectivity index (χ0) is 15.2. The number of H-pyrrole nitrogens is 1. The van der Waals surface area contributed by atoms with Crippen LogP contribution in [0.1, 0.15) is 27.2 Å². The molecule has 2 N–H and O–H groups in total. The SMILES string of the molecule is Cc1[nH]ncc1S(=O)(=O)N1Cc2ccc(C(=O)O)cc2C1. The lowest BCUT2D eigenvalue weighted by atomic mass is 10.1. The lowest BCUT2D eigenvalue weighted by Crippen LogP contribution is -2.25. The Balaban J connectivity index is 1.95. The van der Waals surface area contributed by atoms with Crippen LogP contribution in [0.4, 0.5) is 0 Å². The molecule has 0 amide bonds. The molecule has 0 saturated heterocycles. The van der Waals surface area contributed by atoms with E-state index in [1.54, 1.807) is 13.0 Å². The van der Waals surface area contributed by atoms with Crippen molar-refractivity contribution < 1.29 is 18.3 Å². The molecular weight excluding hydrogens is 294 g/mol. The number of carboxylic acids is 1. The van der Waals surface area contributed by atoms with E-state index >= 15 is 0 Å². The minimum atomic E-state index is -3.63. The number of nitrogens with zero attached hydrogens (tertiary/aromatic N) is 2. The molecule has 110 valence electrons. The fourth-order valence-electron chi connectivity index (χ4n) is 2.41. The van der Waals surface area contributed by atoms with Crippen LogP contribution in [0.5, 0.6) is 0 Å². The van der Waals surface area contributed by atoms with Gasteiger partial charge in [-0.25, -0.2) is 13.2 Å². The van der Waals surface area contributed by atoms with E-state index in [0.29, 0.717) is 5.69 Å². The molecule has 0 bridgehead atoms. The van der Waals surface area contributed by atoms with Crippen molar-refractivity contribution in [2.24, 2.45) is 0 Å². The third kappa shape index (κ3) is 2.22. The van der Waals surface area contributed by atoms with Crippen molar-refractivity contribution in [1.29, 1.82) is 0 Å². The van der Waals surface area contributed by atoms with E-state index in [4.69, 9.17) is 5.11 Å². The van der Waals surface area contributed by atoms with Gasteiger partial charge in [-0.15, -0.1) is 0 Å². The van der Waals surface area contributed by atoms with Crippen molar-refractivity contribution in [1.82, 2.24) is 14.5 Å². The molecule has 0 saturated carbocycles. The molecule has 1 aliphatic rings. The number of nitrogens with one attached hydrogen (secondary N) is 1. The Morgan fingerprint density at radius 1 is 1.33 bits per heavy atom. The number of carboxylic acid groups (broad SMARTS) is 1. The lowest BCUT2D eigenvalue weighted by molar-refractivity contribution is 0.0696. The van der Waals surface area contributed by atoms with Crippen molar-refractivity contribution in [2.45, 2.75) is 24.9 Å². The largest absolute Gasteiger partial charge is 0.478 e. The van der Waals surface area contributed by atoms with Crippen molar-refractivity contribution in [3.05, 3.63) is 46.8 Å². The van der Waals surface area contributed by atoms with Crippen LogP contribution >= 0.6 is 0 Å². The Kier molecular flexibility index (Phi) is 3.07. The van der Waals surface area contributed by atoms with Gasteiger partial charge in [0.25, 0.3) is 0 Å². The minimum Gasteiger partial charge on any atom is -0.478 e. The van der Waals surface area contributed by atoms with Gasteiger partial charge in [-0.05, 0) is 30.2 Å². The Bertz CT molecular complexity index is 826. The van der Waals surface area contributed by atoms with Gasteiger partial charge in [-0.3, -0.25) is 5.10 Å². The molecule has 0 aliphatic carbocycles. The van der Waals surface area contributed by atoms with Crippen molar-refractivity contribution in [2.75, 3.05) is 0 Å². The standard InChI is InChI=1S/C13H13N3O4S/c1-8-12(5-14-15-8)21(19,20)16-6-10-3-2-9(13(17)18)4-11(10)7-16/h2-5H,6-7H2,1H3,(H,14,15)(H,17,18). The summed E-state index contributed by atoms with van der Waals surface area (Å²) in [5.74, 6) is -1.02. The van der Waals surface area contributed by atoms with Gasteiger partial charge in [-0.1, -0.05) is 6.07 Å². The Labute approximate surface area is 121 Å². The highest BCUT2D eigenvalue weighted by Crippen LogP contribution is 2.29. The number of aromatic amines is 1. The third-order valence-electron chi connectivity index (χ3n) is 3.55. The van der Waals surface area contributed by atoms with Gasteiger partial charge < -0.3 is 5.11 Å². The summed E-state index contributed by atoms with van der Waals surface area (Å²) in [7, 11) is -3.63. The molecule has 2 heterocycles. The minimum absolute atomic E-state index is 0.147. The number of hydrogen-bond donors (Lipinski definition) is 2. The molecule has 7 nitrogen and oxygen atoms in total. The van der Waals surface area contributed by atoms with Crippen LogP contribution < -0.4 is 0 Å². The van der Waals surface area contributed by atoms with E-state index in [9.17, 15) is 13.2 Å². The predicted molar refractivity (Wildman–Crippen MR) is 73.2 cm³/mol. The fourth-order valence-corrected chi connectivity index (χ4v) is 3.92. The number of aromatic nitrogens is 2. The van der Waals surface area contributed by atoms with Crippen molar-refractivity contribution >= 4 is 16.0 Å². The molecule has 1 aromatic carbocycles. The lowest BCUT2D eigenvalue weighted by Gasteiger charge is -2.14. The van der Waals surface area contributed by atoms with Crippen LogP contribution in [0.3, 0.4) is 0 Å². The summed E-state index contributed by atoms with van der Waals surface area (Å²) < 4.78 is 26.4. The zero-order valence-electron chi connectivity index (χ0n) is 11.2. The van der Waals surface area contributed by atoms with Crippen LogP contribution in [0.15, 0.2) is 29.3 Å². The maximum atomic E-state index is 12.6. The monoisotopic (exact) mass is 307 g/mol. The van der Waals surface area contributed by atoms with Gasteiger partial charge in [0.05, 0.1) is 17.5 Å². The molecule has 8 heteroatoms. The van der Waals surface area contributed by atoms with Gasteiger partial charge in [-0.2, -0.15) is 9.40 Å². The summed E-state index contributed by atoms with van der Waals surface area (Å²) in [6.45, 7) is 2.05. The van der Waals surface area contributed by atoms with Crippen LogP contribution in [0.2, 0.25) is 0 Å². The van der Waals surface area contributed by atoms with Gasteiger partial charge in [0.2, 0.25) is 10.0 Å². The normalized spacial score (nSPS) is 15.1. The van der Waals surface area contributed by atoms with Crippen LogP contribution in [-0.2, 0) is 23.1 Å². The fraction of sp³-hybridized carbons (Fsp3) is 0.231. The highest BCUT2D eigenvalue weighted by Gasteiger charge is 2.32. The molecule has 0 radical (unpaired) electrons. The zero-order valence-corrected chi connectivity index (χ0v) is 12.0. The number of hydrogen-bond acceptors (Lipinski definition) is 4. The summed E-state index contributed by atoms with van der Waals surface area (Å²) in [5.41, 5.74) is 2.19. The quantitative estimate of drug-likeness (QED) is 0.884. The first-order valence-electron chi connectivity index (χ1n) is 6.25. The number of benzene rings is 1. The van der Waals surface area contributed by atoms with E-state index < -0.39 is 16.0 Å². The highest BCUT2D eigenvalue weighted by atomic mass is 32.2. The average Bonchev–Trinajstić information content (AvgIpc) is 3.03. The molecular formula is C13H13N3O4S. The first-order chi connectivity index (χ1) is 9.89. The van der Waals surface area contributed by atoms with Gasteiger partial charge in [0, 0.05) is 13.1 Å². The maximum Gasteiger partial charge on any atom is 0.335 e. The van der Waals surface area contributed by atoms with Gasteiger partial charge in [0.1, 0.15) is 4.90 Å². The third-order valence-corrected chi connectivity index (χ3v) is 5.45. The van der Waals surface area contributed by atoms with Gasteiger partial charge >= 0.3 is 5.97 Å². The second-order valence-corrected chi connectivity index (χ2v) is 6.83. The van der Waals surface area contributed by atoms with Crippen molar-refractivity contribution in [3.63, 3.8) is 0 Å². The van der Waals surface area contributed by atoms with E-state index in [1.165, 1.54) is 22.6 Å². The van der Waals surface area contributed by atoms with Crippen LogP contribution in [0, 0.1) is 6.92 Å². The van der Waals surface area contributed by atoms with Gasteiger partial charge in [0.15, 0.2) is 0 Å². The Morgan fingerprint density at radius 2 is 2.05 bits per heavy atom. The molecule has 3 rings (SSSR count). The van der Waals surface area contributed by atoms with E-state index in [-0.39, 0.29) is 23.5 Å². The number of aromatic carboxylic acids is 1.